The molecule has 1 aliphatic rings. The molecule has 2 aromatic carbocycles. The lowest BCUT2D eigenvalue weighted by Crippen LogP contribution is -2.42. The van der Waals surface area contributed by atoms with Crippen molar-refractivity contribution in [3.63, 3.8) is 0 Å². The molecule has 1 heterocycles. The van der Waals surface area contributed by atoms with Crippen molar-refractivity contribution >= 4 is 33.0 Å². The highest BCUT2D eigenvalue weighted by atomic mass is 32.2. The van der Waals surface area contributed by atoms with Crippen molar-refractivity contribution in [1.29, 1.82) is 0 Å². The molecule has 0 aliphatic carbocycles. The number of hydrogen-bond acceptors (Lipinski definition) is 4. The van der Waals surface area contributed by atoms with Gasteiger partial charge in [-0.15, -0.1) is 0 Å². The Bertz CT molecular complexity index is 925. The summed E-state index contributed by atoms with van der Waals surface area (Å²) in [5.41, 5.74) is 2.63. The molecule has 0 spiro atoms. The highest BCUT2D eigenvalue weighted by Gasteiger charge is 2.32. The third-order valence-electron chi connectivity index (χ3n) is 4.22. The van der Waals surface area contributed by atoms with Crippen LogP contribution in [0.2, 0.25) is 0 Å². The van der Waals surface area contributed by atoms with Crippen LogP contribution in [0.3, 0.4) is 0 Å². The molecule has 0 fully saturated rings. The molecule has 25 heavy (non-hydrogen) atoms. The monoisotopic (exact) mass is 359 g/mol. The number of benzene rings is 2. The zero-order valence-corrected chi connectivity index (χ0v) is 15.3. The van der Waals surface area contributed by atoms with Gasteiger partial charge in [0.05, 0.1) is 23.6 Å². The summed E-state index contributed by atoms with van der Waals surface area (Å²) in [6, 6.07) is 12.4. The van der Waals surface area contributed by atoms with E-state index in [4.69, 9.17) is 0 Å². The summed E-state index contributed by atoms with van der Waals surface area (Å²) in [5, 5.41) is 2.62. The quantitative estimate of drug-likeness (QED) is 0.915. The molecule has 132 valence electrons. The van der Waals surface area contributed by atoms with E-state index in [9.17, 15) is 13.2 Å². The number of aryl methyl sites for hydroxylation is 1. The van der Waals surface area contributed by atoms with E-state index < -0.39 is 10.0 Å². The Morgan fingerprint density at radius 1 is 1.08 bits per heavy atom. The highest BCUT2D eigenvalue weighted by molar-refractivity contribution is 7.93. The second kappa shape index (κ2) is 6.40. The molecule has 0 aromatic heterocycles. The fourth-order valence-corrected chi connectivity index (χ4v) is 4.69. The van der Waals surface area contributed by atoms with Crippen LogP contribution in [-0.2, 0) is 14.8 Å². The number of nitrogens with one attached hydrogen (secondary N) is 1. The Morgan fingerprint density at radius 2 is 1.76 bits per heavy atom. The lowest BCUT2D eigenvalue weighted by atomic mass is 10.2. The van der Waals surface area contributed by atoms with Crippen molar-refractivity contribution in [2.45, 2.75) is 18.7 Å². The van der Waals surface area contributed by atoms with Gasteiger partial charge in [0.15, 0.2) is 0 Å². The first-order valence-electron chi connectivity index (χ1n) is 8.02. The number of carbonyl (C=O) groups is 1. The zero-order chi connectivity index (χ0) is 18.2. The molecule has 3 rings (SSSR count). The van der Waals surface area contributed by atoms with E-state index in [0.717, 1.165) is 11.3 Å². The Morgan fingerprint density at radius 3 is 2.44 bits per heavy atom. The summed E-state index contributed by atoms with van der Waals surface area (Å²) >= 11 is 0. The molecule has 0 saturated heterocycles. The number of nitrogens with zero attached hydrogens (tertiary/aromatic N) is 2. The molecule has 0 atom stereocenters. The van der Waals surface area contributed by atoms with E-state index in [1.54, 1.807) is 24.3 Å². The number of hydrogen-bond donors (Lipinski definition) is 1. The SMILES string of the molecule is CC(=O)Nc1ccc(C)cc1S(=O)(=O)N1CCN(C)c2ccccc21. The second-order valence-electron chi connectivity index (χ2n) is 6.17. The molecule has 1 aliphatic heterocycles. The number of amides is 1. The first kappa shape index (κ1) is 17.3. The van der Waals surface area contributed by atoms with Crippen molar-refractivity contribution in [2.75, 3.05) is 34.7 Å². The maximum atomic E-state index is 13.4. The fraction of sp³-hybridized carbons (Fsp3) is 0.278. The molecule has 0 radical (unpaired) electrons. The topological polar surface area (TPSA) is 69.7 Å². The number of fused-ring (bicyclic) bond motifs is 1. The molecule has 0 unspecified atom stereocenters. The number of sulfonamides is 1. The standard InChI is InChI=1S/C18H21N3O3S/c1-13-8-9-15(19-14(2)22)18(12-13)25(23,24)21-11-10-20(3)16-6-4-5-7-17(16)21/h4-9,12H,10-11H2,1-3H3,(H,19,22). The maximum absolute atomic E-state index is 13.4. The third kappa shape index (κ3) is 3.19. The maximum Gasteiger partial charge on any atom is 0.266 e. The number of para-hydroxylation sites is 2. The highest BCUT2D eigenvalue weighted by Crippen LogP contribution is 2.37. The van der Waals surface area contributed by atoms with Gasteiger partial charge in [0.2, 0.25) is 5.91 Å². The lowest BCUT2D eigenvalue weighted by molar-refractivity contribution is -0.114. The minimum absolute atomic E-state index is 0.113. The van der Waals surface area contributed by atoms with E-state index in [-0.39, 0.29) is 10.8 Å². The molecule has 7 heteroatoms. The molecule has 0 bridgehead atoms. The molecule has 1 amide bonds. The van der Waals surface area contributed by atoms with Gasteiger partial charge in [0.25, 0.3) is 10.0 Å². The summed E-state index contributed by atoms with van der Waals surface area (Å²) in [7, 11) is -1.86. The predicted octanol–water partition coefficient (Wildman–Crippen LogP) is 2.60. The first-order chi connectivity index (χ1) is 11.8. The molecule has 2 aromatic rings. The van der Waals surface area contributed by atoms with Gasteiger partial charge in [0, 0.05) is 20.5 Å². The van der Waals surface area contributed by atoms with Gasteiger partial charge in [-0.25, -0.2) is 8.42 Å². The number of carbonyl (C=O) groups excluding carboxylic acids is 1. The van der Waals surface area contributed by atoms with E-state index >= 15 is 0 Å². The predicted molar refractivity (Wildman–Crippen MR) is 99.7 cm³/mol. The second-order valence-corrected chi connectivity index (χ2v) is 8.00. The Kier molecular flexibility index (Phi) is 4.43. The molecular formula is C18H21N3O3S. The van der Waals surface area contributed by atoms with Crippen LogP contribution in [0.4, 0.5) is 17.1 Å². The lowest BCUT2D eigenvalue weighted by Gasteiger charge is -2.36. The van der Waals surface area contributed by atoms with Crippen LogP contribution >= 0.6 is 0 Å². The summed E-state index contributed by atoms with van der Waals surface area (Å²) in [6.45, 7) is 4.14. The van der Waals surface area contributed by atoms with E-state index in [2.05, 4.69) is 5.32 Å². The van der Waals surface area contributed by atoms with E-state index in [0.29, 0.717) is 24.5 Å². The van der Waals surface area contributed by atoms with Crippen molar-refractivity contribution in [3.8, 4) is 0 Å². The third-order valence-corrected chi connectivity index (χ3v) is 6.07. The van der Waals surface area contributed by atoms with Gasteiger partial charge in [-0.3, -0.25) is 9.10 Å². The van der Waals surface area contributed by atoms with Crippen LogP contribution in [0, 0.1) is 6.92 Å². The van der Waals surface area contributed by atoms with Crippen LogP contribution in [-0.4, -0.2) is 34.5 Å². The molecule has 6 nitrogen and oxygen atoms in total. The number of anilines is 3. The number of likely N-dealkylation sites (N-methyl/N-ethyl adjacent to an activating group) is 1. The fourth-order valence-electron chi connectivity index (χ4n) is 2.98. The van der Waals surface area contributed by atoms with Crippen LogP contribution in [0.15, 0.2) is 47.4 Å². The van der Waals surface area contributed by atoms with Crippen molar-refractivity contribution < 1.29 is 13.2 Å². The molecular weight excluding hydrogens is 338 g/mol. The van der Waals surface area contributed by atoms with Gasteiger partial charge in [0.1, 0.15) is 4.90 Å². The van der Waals surface area contributed by atoms with Gasteiger partial charge in [-0.05, 0) is 36.8 Å². The minimum atomic E-state index is -3.81. The smallest absolute Gasteiger partial charge is 0.266 e. The van der Waals surface area contributed by atoms with Crippen molar-refractivity contribution in [3.05, 3.63) is 48.0 Å². The minimum Gasteiger partial charge on any atom is -0.371 e. The molecule has 0 saturated carbocycles. The largest absolute Gasteiger partial charge is 0.371 e. The van der Waals surface area contributed by atoms with Gasteiger partial charge in [-0.2, -0.15) is 0 Å². The van der Waals surface area contributed by atoms with Gasteiger partial charge in [-0.1, -0.05) is 18.2 Å². The summed E-state index contributed by atoms with van der Waals surface area (Å²) in [6.07, 6.45) is 0. The van der Waals surface area contributed by atoms with Crippen molar-refractivity contribution in [1.82, 2.24) is 0 Å². The number of rotatable bonds is 3. The average molecular weight is 359 g/mol. The first-order valence-corrected chi connectivity index (χ1v) is 9.46. The summed E-state index contributed by atoms with van der Waals surface area (Å²) in [4.78, 5) is 13.6. The average Bonchev–Trinajstić information content (AvgIpc) is 2.56. The summed E-state index contributed by atoms with van der Waals surface area (Å²) in [5.74, 6) is -0.306. The zero-order valence-electron chi connectivity index (χ0n) is 14.5. The molecule has 1 N–H and O–H groups in total. The Hall–Kier alpha value is -2.54. The van der Waals surface area contributed by atoms with Crippen molar-refractivity contribution in [2.24, 2.45) is 0 Å². The normalized spacial score (nSPS) is 14.2. The van der Waals surface area contributed by atoms with Crippen LogP contribution in [0.5, 0.6) is 0 Å². The van der Waals surface area contributed by atoms with Gasteiger partial charge >= 0.3 is 0 Å². The van der Waals surface area contributed by atoms with Crippen LogP contribution < -0.4 is 14.5 Å². The Labute approximate surface area is 148 Å². The van der Waals surface area contributed by atoms with Gasteiger partial charge < -0.3 is 10.2 Å². The summed E-state index contributed by atoms with van der Waals surface area (Å²) < 4.78 is 28.2. The van der Waals surface area contributed by atoms with E-state index in [1.165, 1.54) is 11.2 Å². The van der Waals surface area contributed by atoms with Crippen LogP contribution in [0.1, 0.15) is 12.5 Å². The Balaban J connectivity index is 2.14. The van der Waals surface area contributed by atoms with E-state index in [1.807, 2.05) is 37.1 Å². The van der Waals surface area contributed by atoms with Crippen LogP contribution in [0.25, 0.3) is 0 Å².